The molecule has 1 aromatic heterocycles. The molecule has 0 atom stereocenters. The van der Waals surface area contributed by atoms with Gasteiger partial charge in [0.25, 0.3) is 5.91 Å². The van der Waals surface area contributed by atoms with Crippen molar-refractivity contribution < 1.29 is 9.53 Å². The van der Waals surface area contributed by atoms with Crippen LogP contribution in [0.25, 0.3) is 0 Å². The zero-order valence-corrected chi connectivity index (χ0v) is 14.5. The summed E-state index contributed by atoms with van der Waals surface area (Å²) in [7, 11) is 0. The smallest absolute Gasteiger partial charge is 0.274 e. The average Bonchev–Trinajstić information content (AvgIpc) is 2.67. The molecular weight excluding hydrogens is 334 g/mol. The van der Waals surface area contributed by atoms with Gasteiger partial charge >= 0.3 is 0 Å². The molecule has 6 heteroatoms. The van der Waals surface area contributed by atoms with Gasteiger partial charge in [-0.15, -0.1) is 11.8 Å². The second-order valence-corrected chi connectivity index (χ2v) is 6.08. The number of aromatic nitrogens is 2. The van der Waals surface area contributed by atoms with Gasteiger partial charge in [-0.1, -0.05) is 36.4 Å². The maximum absolute atomic E-state index is 12.4. The Balaban J connectivity index is 1.66. The minimum atomic E-state index is -0.301. The molecule has 3 rings (SSSR count). The Kier molecular flexibility index (Phi) is 5.64. The highest BCUT2D eigenvalue weighted by molar-refractivity contribution is 7.98. The molecule has 0 radical (unpaired) electrons. The van der Waals surface area contributed by atoms with Gasteiger partial charge in [0.05, 0.1) is 0 Å². The van der Waals surface area contributed by atoms with Crippen molar-refractivity contribution in [2.45, 2.75) is 11.5 Å². The van der Waals surface area contributed by atoms with Crippen molar-refractivity contribution in [3.05, 3.63) is 78.2 Å². The molecule has 3 aromatic rings. The lowest BCUT2D eigenvalue weighted by Crippen LogP contribution is -2.14. The normalized spacial score (nSPS) is 10.3. The van der Waals surface area contributed by atoms with E-state index >= 15 is 0 Å². The molecule has 1 amide bonds. The van der Waals surface area contributed by atoms with E-state index in [1.165, 1.54) is 12.4 Å². The Labute approximate surface area is 150 Å². The number of nitrogens with one attached hydrogen (secondary N) is 1. The van der Waals surface area contributed by atoms with E-state index in [2.05, 4.69) is 15.3 Å². The Morgan fingerprint density at radius 2 is 1.92 bits per heavy atom. The SMILES string of the molecule is CSc1cccc(NC(=O)c2cc(OCc3ccccc3)ncn2)c1. The van der Waals surface area contributed by atoms with Crippen LogP contribution in [0.1, 0.15) is 16.1 Å². The number of amides is 1. The van der Waals surface area contributed by atoms with Gasteiger partial charge in [-0.25, -0.2) is 9.97 Å². The monoisotopic (exact) mass is 351 g/mol. The Morgan fingerprint density at radius 3 is 2.72 bits per heavy atom. The van der Waals surface area contributed by atoms with E-state index in [-0.39, 0.29) is 11.6 Å². The first-order valence-corrected chi connectivity index (χ1v) is 8.91. The number of hydrogen-bond donors (Lipinski definition) is 1. The highest BCUT2D eigenvalue weighted by atomic mass is 32.2. The van der Waals surface area contributed by atoms with Crippen molar-refractivity contribution in [2.75, 3.05) is 11.6 Å². The lowest BCUT2D eigenvalue weighted by Gasteiger charge is -2.08. The summed E-state index contributed by atoms with van der Waals surface area (Å²) < 4.78 is 5.64. The molecule has 0 saturated carbocycles. The molecule has 0 saturated heterocycles. The van der Waals surface area contributed by atoms with Crippen LogP contribution in [0.4, 0.5) is 5.69 Å². The summed E-state index contributed by atoms with van der Waals surface area (Å²) in [6, 6.07) is 18.9. The molecule has 25 heavy (non-hydrogen) atoms. The minimum absolute atomic E-state index is 0.257. The third-order valence-corrected chi connectivity index (χ3v) is 4.16. The highest BCUT2D eigenvalue weighted by Crippen LogP contribution is 2.19. The maximum Gasteiger partial charge on any atom is 0.274 e. The number of ether oxygens (including phenoxy) is 1. The Hall–Kier alpha value is -2.86. The summed E-state index contributed by atoms with van der Waals surface area (Å²) in [4.78, 5) is 21.5. The number of carbonyl (C=O) groups is 1. The van der Waals surface area contributed by atoms with Gasteiger partial charge in [0.2, 0.25) is 5.88 Å². The first kappa shape index (κ1) is 17.0. The van der Waals surface area contributed by atoms with Crippen molar-refractivity contribution in [3.8, 4) is 5.88 Å². The highest BCUT2D eigenvalue weighted by Gasteiger charge is 2.10. The van der Waals surface area contributed by atoms with Gasteiger partial charge in [-0.05, 0) is 30.0 Å². The molecule has 126 valence electrons. The van der Waals surface area contributed by atoms with Crippen LogP contribution >= 0.6 is 11.8 Å². The zero-order valence-electron chi connectivity index (χ0n) is 13.7. The number of anilines is 1. The summed E-state index contributed by atoms with van der Waals surface area (Å²) in [5.74, 6) is 0.0621. The van der Waals surface area contributed by atoms with Crippen LogP contribution < -0.4 is 10.1 Å². The number of thioether (sulfide) groups is 1. The lowest BCUT2D eigenvalue weighted by molar-refractivity contribution is 0.102. The van der Waals surface area contributed by atoms with Gasteiger partial charge in [0, 0.05) is 16.6 Å². The molecule has 0 aliphatic carbocycles. The fourth-order valence-electron chi connectivity index (χ4n) is 2.17. The van der Waals surface area contributed by atoms with Gasteiger partial charge in [0.15, 0.2) is 0 Å². The summed E-state index contributed by atoms with van der Waals surface area (Å²) >= 11 is 1.62. The number of rotatable bonds is 6. The predicted molar refractivity (Wildman–Crippen MR) is 99.0 cm³/mol. The summed E-state index contributed by atoms with van der Waals surface area (Å²) in [5.41, 5.74) is 2.01. The van der Waals surface area contributed by atoms with E-state index in [4.69, 9.17) is 4.74 Å². The standard InChI is InChI=1S/C19H17N3O2S/c1-25-16-9-5-8-15(10-16)22-19(23)17-11-18(21-13-20-17)24-12-14-6-3-2-4-7-14/h2-11,13H,12H2,1H3,(H,22,23). The first-order chi connectivity index (χ1) is 12.2. The van der Waals surface area contributed by atoms with Gasteiger partial charge in [0.1, 0.15) is 18.6 Å². The largest absolute Gasteiger partial charge is 0.473 e. The lowest BCUT2D eigenvalue weighted by atomic mass is 10.2. The van der Waals surface area contributed by atoms with Crippen LogP contribution in [-0.2, 0) is 6.61 Å². The molecule has 1 heterocycles. The van der Waals surface area contributed by atoms with Crippen LogP contribution in [0.3, 0.4) is 0 Å². The maximum atomic E-state index is 12.4. The first-order valence-electron chi connectivity index (χ1n) is 7.69. The van der Waals surface area contributed by atoms with Crippen molar-refractivity contribution >= 4 is 23.4 Å². The van der Waals surface area contributed by atoms with Crippen LogP contribution in [-0.4, -0.2) is 22.1 Å². The summed E-state index contributed by atoms with van der Waals surface area (Å²) in [6.07, 6.45) is 3.31. The Bertz CT molecular complexity index is 856. The van der Waals surface area contributed by atoms with E-state index < -0.39 is 0 Å². The van der Waals surface area contributed by atoms with E-state index in [1.807, 2.05) is 60.9 Å². The summed E-state index contributed by atoms with van der Waals surface area (Å²) in [6.45, 7) is 0.384. The fraction of sp³-hybridized carbons (Fsp3) is 0.105. The third kappa shape index (κ3) is 4.81. The van der Waals surface area contributed by atoms with Gasteiger partial charge in [-0.3, -0.25) is 4.79 Å². The number of benzene rings is 2. The zero-order chi connectivity index (χ0) is 17.5. The molecule has 1 N–H and O–H groups in total. The average molecular weight is 351 g/mol. The number of hydrogen-bond acceptors (Lipinski definition) is 5. The van der Waals surface area contributed by atoms with Crippen molar-refractivity contribution in [1.82, 2.24) is 9.97 Å². The number of carbonyl (C=O) groups excluding carboxylic acids is 1. The van der Waals surface area contributed by atoms with E-state index in [1.54, 1.807) is 11.8 Å². The molecule has 0 aliphatic rings. The van der Waals surface area contributed by atoms with Gasteiger partial charge < -0.3 is 10.1 Å². The minimum Gasteiger partial charge on any atom is -0.473 e. The summed E-state index contributed by atoms with van der Waals surface area (Å²) in [5, 5.41) is 2.84. The van der Waals surface area contributed by atoms with E-state index in [9.17, 15) is 4.79 Å². The molecular formula is C19H17N3O2S. The molecule has 0 aliphatic heterocycles. The molecule has 5 nitrogen and oxygen atoms in total. The van der Waals surface area contributed by atoms with E-state index in [0.717, 1.165) is 16.1 Å². The third-order valence-electron chi connectivity index (χ3n) is 3.43. The molecule has 2 aromatic carbocycles. The van der Waals surface area contributed by atoms with Crippen LogP contribution in [0.2, 0.25) is 0 Å². The topological polar surface area (TPSA) is 64.1 Å². The van der Waals surface area contributed by atoms with Crippen molar-refractivity contribution in [3.63, 3.8) is 0 Å². The van der Waals surface area contributed by atoms with Crippen LogP contribution in [0.15, 0.2) is 71.9 Å². The quantitative estimate of drug-likeness (QED) is 0.679. The fourth-order valence-corrected chi connectivity index (χ4v) is 2.63. The second kappa shape index (κ2) is 8.30. The molecule has 0 unspecified atom stereocenters. The second-order valence-electron chi connectivity index (χ2n) is 5.20. The molecule has 0 fully saturated rings. The number of nitrogens with zero attached hydrogens (tertiary/aromatic N) is 2. The van der Waals surface area contributed by atoms with Crippen LogP contribution in [0.5, 0.6) is 5.88 Å². The van der Waals surface area contributed by atoms with Crippen molar-refractivity contribution in [2.24, 2.45) is 0 Å². The van der Waals surface area contributed by atoms with Crippen molar-refractivity contribution in [1.29, 1.82) is 0 Å². The van der Waals surface area contributed by atoms with Gasteiger partial charge in [-0.2, -0.15) is 0 Å². The van der Waals surface area contributed by atoms with E-state index in [0.29, 0.717) is 12.5 Å². The van der Waals surface area contributed by atoms with Crippen LogP contribution in [0, 0.1) is 0 Å². The Morgan fingerprint density at radius 1 is 1.08 bits per heavy atom. The molecule has 0 bridgehead atoms. The molecule has 0 spiro atoms. The predicted octanol–water partition coefficient (Wildman–Crippen LogP) is 4.03.